The van der Waals surface area contributed by atoms with Gasteiger partial charge in [0.2, 0.25) is 0 Å². The van der Waals surface area contributed by atoms with Crippen LogP contribution in [0.25, 0.3) is 16.9 Å². The molecule has 2 nitrogen and oxygen atoms in total. The number of rotatable bonds is 11. The zero-order chi connectivity index (χ0) is 21.6. The maximum atomic E-state index is 13.4. The van der Waals surface area contributed by atoms with E-state index in [9.17, 15) is 4.39 Å². The van der Waals surface area contributed by atoms with E-state index in [4.69, 9.17) is 4.98 Å². The van der Waals surface area contributed by atoms with Crippen molar-refractivity contribution in [1.29, 1.82) is 0 Å². The molecule has 0 aliphatic carbocycles. The summed E-state index contributed by atoms with van der Waals surface area (Å²) in [5, 5.41) is 0. The molecule has 0 saturated carbocycles. The monoisotopic (exact) mass is 516 g/mol. The molecule has 162 valence electrons. The van der Waals surface area contributed by atoms with Gasteiger partial charge in [0.15, 0.2) is 0 Å². The fourth-order valence-electron chi connectivity index (χ4n) is 4.71. The summed E-state index contributed by atoms with van der Waals surface area (Å²) in [6.45, 7) is 9.13. The summed E-state index contributed by atoms with van der Waals surface area (Å²) in [4.78, 5) is 4.89. The molecular weight excluding hydrogens is 478 g/mol. The van der Waals surface area contributed by atoms with Crippen LogP contribution in [0, 0.1) is 12.7 Å². The molecule has 0 saturated heterocycles. The number of aromatic nitrogens is 2. The number of unbranched alkanes of at least 4 members (excludes halogenated alkanes) is 3. The van der Waals surface area contributed by atoms with Crippen molar-refractivity contribution in [2.75, 3.05) is 0 Å². The predicted octanol–water partition coefficient (Wildman–Crippen LogP) is 7.50. The molecule has 0 atom stereocenters. The average molecular weight is 515 g/mol. The van der Waals surface area contributed by atoms with Crippen molar-refractivity contribution in [3.8, 4) is 11.3 Å². The number of halogens is 1. The van der Waals surface area contributed by atoms with Crippen molar-refractivity contribution < 1.29 is 4.39 Å². The summed E-state index contributed by atoms with van der Waals surface area (Å²) in [6.07, 6.45) is 10.4. The predicted molar refractivity (Wildman–Crippen MR) is 130 cm³/mol. The Bertz CT molecular complexity index is 924. The van der Waals surface area contributed by atoms with E-state index < -0.39 is 18.4 Å². The van der Waals surface area contributed by atoms with Crippen molar-refractivity contribution in [3.05, 3.63) is 54.1 Å². The summed E-state index contributed by atoms with van der Waals surface area (Å²) in [5.74, 6) is -0.205. The number of benzene rings is 1. The Kier molecular flexibility index (Phi) is 8.38. The van der Waals surface area contributed by atoms with Crippen LogP contribution in [0.3, 0.4) is 0 Å². The van der Waals surface area contributed by atoms with Gasteiger partial charge in [-0.15, -0.1) is 0 Å². The van der Waals surface area contributed by atoms with Crippen LogP contribution in [0.15, 0.2) is 42.6 Å². The molecule has 3 aromatic rings. The zero-order valence-corrected chi connectivity index (χ0v) is 22.0. The first-order chi connectivity index (χ1) is 14.5. The Morgan fingerprint density at radius 3 is 1.93 bits per heavy atom. The second-order valence-electron chi connectivity index (χ2n) is 8.79. The van der Waals surface area contributed by atoms with Gasteiger partial charge in [0.05, 0.1) is 0 Å². The molecule has 1 aromatic carbocycles. The summed E-state index contributed by atoms with van der Waals surface area (Å²) in [7, 11) is 0. The topological polar surface area (TPSA) is 17.3 Å². The number of pyridine rings is 1. The van der Waals surface area contributed by atoms with Crippen LogP contribution < -0.4 is 3.58 Å². The summed E-state index contributed by atoms with van der Waals surface area (Å²) >= 11 is -2.47. The minimum atomic E-state index is -2.47. The Morgan fingerprint density at radius 1 is 0.833 bits per heavy atom. The molecule has 0 N–H and O–H groups in total. The van der Waals surface area contributed by atoms with E-state index in [1.54, 1.807) is 3.58 Å². The molecule has 0 aliphatic heterocycles. The van der Waals surface area contributed by atoms with Crippen LogP contribution in [0.5, 0.6) is 0 Å². The first kappa shape index (κ1) is 23.3. The summed E-state index contributed by atoms with van der Waals surface area (Å²) in [5.41, 5.74) is 4.10. The SMILES string of the molecule is CCC[CH2][Sn]([CH2]CCC)([CH2]CCC)[c]1ccc2nc(-c3ccc(F)cc3)c(C)n2c1. The molecule has 2 heterocycles. The second-order valence-corrected chi connectivity index (χ2v) is 22.0. The molecule has 0 fully saturated rings. The van der Waals surface area contributed by atoms with Crippen LogP contribution in [-0.2, 0) is 0 Å². The van der Waals surface area contributed by atoms with E-state index in [0.717, 1.165) is 22.6 Å². The van der Waals surface area contributed by atoms with Crippen LogP contribution in [0.4, 0.5) is 4.39 Å². The fourth-order valence-corrected chi connectivity index (χ4v) is 20.5. The van der Waals surface area contributed by atoms with E-state index in [0.29, 0.717) is 0 Å². The Morgan fingerprint density at radius 2 is 1.40 bits per heavy atom. The number of imidazole rings is 1. The van der Waals surface area contributed by atoms with Gasteiger partial charge >= 0.3 is 186 Å². The van der Waals surface area contributed by atoms with Crippen molar-refractivity contribution in [2.24, 2.45) is 0 Å². The van der Waals surface area contributed by atoms with E-state index in [1.807, 2.05) is 12.1 Å². The van der Waals surface area contributed by atoms with Crippen LogP contribution in [0.1, 0.15) is 65.0 Å². The Hall–Kier alpha value is -1.36. The van der Waals surface area contributed by atoms with Crippen molar-refractivity contribution in [1.82, 2.24) is 9.38 Å². The van der Waals surface area contributed by atoms with Crippen LogP contribution in [-0.4, -0.2) is 27.8 Å². The third-order valence-electron chi connectivity index (χ3n) is 6.61. The number of aryl methyl sites for hydroxylation is 1. The molecule has 0 amide bonds. The van der Waals surface area contributed by atoms with Crippen molar-refractivity contribution in [2.45, 2.75) is 79.5 Å². The molecule has 0 radical (unpaired) electrons. The van der Waals surface area contributed by atoms with Crippen molar-refractivity contribution in [3.63, 3.8) is 0 Å². The number of hydrogen-bond acceptors (Lipinski definition) is 1. The summed E-state index contributed by atoms with van der Waals surface area (Å²) < 4.78 is 21.7. The Balaban J connectivity index is 2.07. The minimum absolute atomic E-state index is 0.205. The van der Waals surface area contributed by atoms with Gasteiger partial charge in [0, 0.05) is 0 Å². The molecule has 3 rings (SSSR count). The van der Waals surface area contributed by atoms with E-state index in [1.165, 1.54) is 64.0 Å². The van der Waals surface area contributed by atoms with Gasteiger partial charge in [0.1, 0.15) is 0 Å². The number of hydrogen-bond donors (Lipinski definition) is 0. The van der Waals surface area contributed by atoms with Gasteiger partial charge in [-0.25, -0.2) is 0 Å². The van der Waals surface area contributed by atoms with Gasteiger partial charge < -0.3 is 0 Å². The first-order valence-corrected chi connectivity index (χ1v) is 19.3. The molecule has 2 aromatic heterocycles. The van der Waals surface area contributed by atoms with Crippen molar-refractivity contribution >= 4 is 27.6 Å². The quantitative estimate of drug-likeness (QED) is 0.242. The maximum absolute atomic E-state index is 13.4. The van der Waals surface area contributed by atoms with Gasteiger partial charge in [-0.3, -0.25) is 0 Å². The molecule has 0 aliphatic rings. The molecule has 30 heavy (non-hydrogen) atoms. The first-order valence-electron chi connectivity index (χ1n) is 11.8. The molecule has 0 unspecified atom stereocenters. The van der Waals surface area contributed by atoms with Gasteiger partial charge in [-0.05, 0) is 0 Å². The van der Waals surface area contributed by atoms with Gasteiger partial charge in [-0.2, -0.15) is 0 Å². The fraction of sp³-hybridized carbons (Fsp3) is 0.500. The van der Waals surface area contributed by atoms with Crippen LogP contribution in [0.2, 0.25) is 13.3 Å². The van der Waals surface area contributed by atoms with Gasteiger partial charge in [-0.1, -0.05) is 0 Å². The molecular formula is C26H37FN2Sn. The van der Waals surface area contributed by atoms with E-state index in [-0.39, 0.29) is 5.82 Å². The standard InChI is InChI=1S/C14H10FN2.3C4H9.Sn/c1-10-14(11-5-7-12(15)8-6-11)16-13-4-2-3-9-17(10)13;3*1-3-4-2;/h2,4-9H,1H3;3*1,3-4H2,2H3;. The Labute approximate surface area is 185 Å². The third kappa shape index (κ3) is 5.09. The normalized spacial score (nSPS) is 12.0. The average Bonchev–Trinajstić information content (AvgIpc) is 3.10. The number of nitrogens with zero attached hydrogens (tertiary/aromatic N) is 2. The molecule has 0 bridgehead atoms. The molecule has 4 heteroatoms. The molecule has 0 spiro atoms. The van der Waals surface area contributed by atoms with E-state index in [2.05, 4.69) is 50.4 Å². The third-order valence-corrected chi connectivity index (χ3v) is 22.2. The van der Waals surface area contributed by atoms with Gasteiger partial charge in [0.25, 0.3) is 0 Å². The van der Waals surface area contributed by atoms with Crippen LogP contribution >= 0.6 is 0 Å². The number of fused-ring (bicyclic) bond motifs is 1. The summed E-state index contributed by atoms with van der Waals surface area (Å²) in [6, 6.07) is 11.3. The second kappa shape index (κ2) is 10.8. The zero-order valence-electron chi connectivity index (χ0n) is 19.2. The van der Waals surface area contributed by atoms with E-state index >= 15 is 0 Å².